The zero-order valence-electron chi connectivity index (χ0n) is 37.0. The Morgan fingerprint density at radius 1 is 0.364 bits per heavy atom. The summed E-state index contributed by atoms with van der Waals surface area (Å²) in [7, 11) is 0. The molecule has 0 unspecified atom stereocenters. The lowest BCUT2D eigenvalue weighted by Gasteiger charge is -2.34. The van der Waals surface area contributed by atoms with E-state index in [0.29, 0.717) is 0 Å². The number of fused-ring (bicyclic) bond motifs is 9. The summed E-state index contributed by atoms with van der Waals surface area (Å²) in [4.78, 5) is 2.49. The van der Waals surface area contributed by atoms with E-state index in [2.05, 4.69) is 266 Å². The SMILES string of the molecule is CC1(C)c2ccccc2-c2ccc(-c3ccc(N(c4cccc(-n5c6ccccc6c6ccccc65)c4)c4cccc5c4-c4ccccc4C5(c4ccccc4)c4ccccc4)cc3)cc21. The van der Waals surface area contributed by atoms with Crippen molar-refractivity contribution >= 4 is 38.9 Å². The average molecular weight is 843 g/mol. The maximum atomic E-state index is 2.49. The van der Waals surface area contributed by atoms with Crippen LogP contribution in [0.4, 0.5) is 17.1 Å². The first kappa shape index (κ1) is 38.3. The molecule has 0 amide bonds. The quantitative estimate of drug-likeness (QED) is 0.155. The van der Waals surface area contributed by atoms with Gasteiger partial charge in [-0.25, -0.2) is 0 Å². The van der Waals surface area contributed by atoms with Crippen LogP contribution in [0.25, 0.3) is 60.9 Å². The molecule has 0 aliphatic heterocycles. The van der Waals surface area contributed by atoms with Gasteiger partial charge in [-0.2, -0.15) is 0 Å². The monoisotopic (exact) mass is 842 g/mol. The van der Waals surface area contributed by atoms with Gasteiger partial charge < -0.3 is 9.47 Å². The molecule has 0 spiro atoms. The third-order valence-electron chi connectivity index (χ3n) is 14.7. The summed E-state index contributed by atoms with van der Waals surface area (Å²) in [5, 5.41) is 2.50. The van der Waals surface area contributed by atoms with E-state index in [1.165, 1.54) is 88.6 Å². The number of hydrogen-bond acceptors (Lipinski definition) is 1. The van der Waals surface area contributed by atoms with E-state index in [-0.39, 0.29) is 5.41 Å². The maximum absolute atomic E-state index is 2.49. The molecule has 0 radical (unpaired) electrons. The molecule has 0 saturated heterocycles. The minimum absolute atomic E-state index is 0.0707. The minimum atomic E-state index is -0.522. The molecule has 312 valence electrons. The van der Waals surface area contributed by atoms with Crippen LogP contribution >= 0.6 is 0 Å². The molecule has 1 aromatic heterocycles. The fraction of sp³-hybridized carbons (Fsp3) is 0.0625. The van der Waals surface area contributed by atoms with E-state index in [1.807, 2.05) is 0 Å². The fourth-order valence-electron chi connectivity index (χ4n) is 11.7. The Morgan fingerprint density at radius 2 is 0.909 bits per heavy atom. The van der Waals surface area contributed by atoms with Crippen molar-refractivity contribution in [2.75, 3.05) is 4.90 Å². The molecule has 66 heavy (non-hydrogen) atoms. The average Bonchev–Trinajstić information content (AvgIpc) is 3.96. The van der Waals surface area contributed by atoms with Crippen LogP contribution in [0.1, 0.15) is 47.2 Å². The summed E-state index contributed by atoms with van der Waals surface area (Å²) in [6.07, 6.45) is 0. The number of para-hydroxylation sites is 2. The van der Waals surface area contributed by atoms with Gasteiger partial charge in [-0.1, -0.05) is 202 Å². The molecular formula is C64H46N2. The molecule has 13 rings (SSSR count). The Labute approximate surface area is 386 Å². The second-order valence-corrected chi connectivity index (χ2v) is 18.4. The molecule has 0 atom stereocenters. The highest BCUT2D eigenvalue weighted by Crippen LogP contribution is 2.59. The molecule has 1 heterocycles. The highest BCUT2D eigenvalue weighted by atomic mass is 15.1. The Hall–Kier alpha value is -8.20. The smallest absolute Gasteiger partial charge is 0.0714 e. The largest absolute Gasteiger partial charge is 0.310 e. The van der Waals surface area contributed by atoms with Crippen LogP contribution in [-0.4, -0.2) is 4.57 Å². The Morgan fingerprint density at radius 3 is 1.61 bits per heavy atom. The molecule has 0 N–H and O–H groups in total. The van der Waals surface area contributed by atoms with Crippen LogP contribution in [0, 0.1) is 0 Å². The van der Waals surface area contributed by atoms with Crippen molar-refractivity contribution in [1.82, 2.24) is 4.57 Å². The molecule has 2 aliphatic carbocycles. The number of hydrogen-bond donors (Lipinski definition) is 0. The standard InChI is InChI=1S/C64H46N2/c1-63(2)55-29-13-9-25-50(55)51-40-37-44(41-58(51)63)43-35-38-47(39-36-43)65(48-23-17-24-49(42-48)66-59-32-15-11-26-52(59)53-27-12-16-33-60(53)66)61-34-18-31-57-62(61)54-28-10-14-30-56(54)64(57,45-19-5-3-6-20-45)46-21-7-4-8-22-46/h3-42H,1-2H3. The number of benzene rings is 10. The molecular weight excluding hydrogens is 797 g/mol. The molecule has 0 saturated carbocycles. The lowest BCUT2D eigenvalue weighted by atomic mass is 9.68. The summed E-state index contributed by atoms with van der Waals surface area (Å²) >= 11 is 0. The second kappa shape index (κ2) is 14.7. The number of rotatable bonds is 7. The van der Waals surface area contributed by atoms with Gasteiger partial charge in [0.1, 0.15) is 0 Å². The zero-order valence-corrected chi connectivity index (χ0v) is 37.0. The van der Waals surface area contributed by atoms with Crippen molar-refractivity contribution in [2.24, 2.45) is 0 Å². The highest BCUT2D eigenvalue weighted by Gasteiger charge is 2.47. The predicted molar refractivity (Wildman–Crippen MR) is 276 cm³/mol. The first-order valence-corrected chi connectivity index (χ1v) is 23.1. The van der Waals surface area contributed by atoms with Crippen LogP contribution in [0.2, 0.25) is 0 Å². The number of anilines is 3. The summed E-state index contributed by atoms with van der Waals surface area (Å²) in [6, 6.07) is 90.0. The van der Waals surface area contributed by atoms with Crippen molar-refractivity contribution in [2.45, 2.75) is 24.7 Å². The van der Waals surface area contributed by atoms with Crippen LogP contribution in [0.5, 0.6) is 0 Å². The molecule has 2 aliphatic rings. The zero-order chi connectivity index (χ0) is 44.0. The van der Waals surface area contributed by atoms with E-state index >= 15 is 0 Å². The van der Waals surface area contributed by atoms with Gasteiger partial charge in [-0.05, 0) is 116 Å². The summed E-state index contributed by atoms with van der Waals surface area (Å²) in [6.45, 7) is 4.72. The Kier molecular flexibility index (Phi) is 8.51. The van der Waals surface area contributed by atoms with Crippen LogP contribution in [-0.2, 0) is 10.8 Å². The normalized spacial score (nSPS) is 13.8. The molecule has 2 heteroatoms. The van der Waals surface area contributed by atoms with Gasteiger partial charge in [0.15, 0.2) is 0 Å². The Balaban J connectivity index is 1.03. The van der Waals surface area contributed by atoms with Gasteiger partial charge in [0, 0.05) is 38.8 Å². The van der Waals surface area contributed by atoms with Crippen LogP contribution in [0.3, 0.4) is 0 Å². The number of aromatic nitrogens is 1. The van der Waals surface area contributed by atoms with Crippen molar-refractivity contribution in [1.29, 1.82) is 0 Å². The van der Waals surface area contributed by atoms with Crippen molar-refractivity contribution in [3.63, 3.8) is 0 Å². The molecule has 10 aromatic carbocycles. The van der Waals surface area contributed by atoms with Crippen molar-refractivity contribution < 1.29 is 0 Å². The highest BCUT2D eigenvalue weighted by molar-refractivity contribution is 6.09. The van der Waals surface area contributed by atoms with Crippen LogP contribution < -0.4 is 4.90 Å². The third kappa shape index (κ3) is 5.48. The van der Waals surface area contributed by atoms with E-state index in [0.717, 1.165) is 22.7 Å². The third-order valence-corrected chi connectivity index (χ3v) is 14.7. The molecule has 0 fully saturated rings. The van der Waals surface area contributed by atoms with Crippen LogP contribution in [0.15, 0.2) is 243 Å². The van der Waals surface area contributed by atoms with Gasteiger partial charge in [-0.3, -0.25) is 0 Å². The van der Waals surface area contributed by atoms with Gasteiger partial charge in [0.25, 0.3) is 0 Å². The van der Waals surface area contributed by atoms with E-state index < -0.39 is 5.41 Å². The van der Waals surface area contributed by atoms with Gasteiger partial charge in [0.2, 0.25) is 0 Å². The fourth-order valence-corrected chi connectivity index (χ4v) is 11.7. The first-order chi connectivity index (χ1) is 32.5. The maximum Gasteiger partial charge on any atom is 0.0714 e. The van der Waals surface area contributed by atoms with E-state index in [9.17, 15) is 0 Å². The molecule has 2 nitrogen and oxygen atoms in total. The van der Waals surface area contributed by atoms with Gasteiger partial charge in [-0.15, -0.1) is 0 Å². The van der Waals surface area contributed by atoms with E-state index in [1.54, 1.807) is 0 Å². The summed E-state index contributed by atoms with van der Waals surface area (Å²) in [5.41, 5.74) is 21.7. The first-order valence-electron chi connectivity index (χ1n) is 23.1. The van der Waals surface area contributed by atoms with Crippen molar-refractivity contribution in [3.8, 4) is 39.1 Å². The lowest BCUT2D eigenvalue weighted by molar-refractivity contribution is 0.660. The van der Waals surface area contributed by atoms with Gasteiger partial charge in [0.05, 0.1) is 22.1 Å². The van der Waals surface area contributed by atoms with Crippen molar-refractivity contribution in [3.05, 3.63) is 276 Å². The number of nitrogens with zero attached hydrogens (tertiary/aromatic N) is 2. The Bertz CT molecular complexity index is 3580. The van der Waals surface area contributed by atoms with Gasteiger partial charge >= 0.3 is 0 Å². The molecule has 0 bridgehead atoms. The predicted octanol–water partition coefficient (Wildman–Crippen LogP) is 16.6. The topological polar surface area (TPSA) is 8.17 Å². The lowest BCUT2D eigenvalue weighted by Crippen LogP contribution is -2.28. The minimum Gasteiger partial charge on any atom is -0.310 e. The summed E-state index contributed by atoms with van der Waals surface area (Å²) in [5.74, 6) is 0. The van der Waals surface area contributed by atoms with E-state index in [4.69, 9.17) is 0 Å². The second-order valence-electron chi connectivity index (χ2n) is 18.4. The molecule has 11 aromatic rings. The summed E-state index contributed by atoms with van der Waals surface area (Å²) < 4.78 is 2.42.